The van der Waals surface area contributed by atoms with Crippen LogP contribution in [-0.4, -0.2) is 61.5 Å². The number of likely N-dealkylation sites (tertiary alicyclic amines) is 1. The Balaban J connectivity index is 2.27. The molecule has 4 nitrogen and oxygen atoms in total. The number of rotatable bonds is 6. The van der Waals surface area contributed by atoms with Crippen molar-refractivity contribution in [3.8, 4) is 0 Å². The van der Waals surface area contributed by atoms with E-state index in [2.05, 4.69) is 19.2 Å². The van der Waals surface area contributed by atoms with Crippen LogP contribution < -0.4 is 5.32 Å². The van der Waals surface area contributed by atoms with Gasteiger partial charge in [0.2, 0.25) is 0 Å². The molecule has 0 bridgehead atoms. The first kappa shape index (κ1) is 17.1. The molecular weight excluding hydrogens is 264 g/mol. The highest BCUT2D eigenvalue weighted by atomic mass is 19.3. The Labute approximate surface area is 120 Å². The molecule has 1 aliphatic heterocycles. The number of halogens is 2. The maximum atomic E-state index is 12.3. The molecule has 6 heteroatoms. The molecule has 0 aliphatic carbocycles. The SMILES string of the molecule is CCC(C)CN(C)C(=O)NC1CCN(CC(F)F)CC1. The smallest absolute Gasteiger partial charge is 0.317 e. The summed E-state index contributed by atoms with van der Waals surface area (Å²) in [5.74, 6) is 0.485. The zero-order valence-corrected chi connectivity index (χ0v) is 12.7. The third-order valence-electron chi connectivity index (χ3n) is 3.94. The van der Waals surface area contributed by atoms with Crippen molar-refractivity contribution in [1.82, 2.24) is 15.1 Å². The minimum atomic E-state index is -2.28. The molecular formula is C14H27F2N3O. The van der Waals surface area contributed by atoms with Crippen molar-refractivity contribution >= 4 is 6.03 Å². The van der Waals surface area contributed by atoms with E-state index in [1.165, 1.54) is 0 Å². The second-order valence-corrected chi connectivity index (χ2v) is 5.81. The van der Waals surface area contributed by atoms with E-state index in [4.69, 9.17) is 0 Å². The molecule has 0 aromatic heterocycles. The molecule has 1 fully saturated rings. The lowest BCUT2D eigenvalue weighted by Crippen LogP contribution is -2.49. The Hall–Kier alpha value is -0.910. The first-order valence-corrected chi connectivity index (χ1v) is 7.44. The van der Waals surface area contributed by atoms with Crippen LogP contribution in [0.1, 0.15) is 33.1 Å². The molecule has 1 saturated heterocycles. The highest BCUT2D eigenvalue weighted by Crippen LogP contribution is 2.12. The fourth-order valence-corrected chi connectivity index (χ4v) is 2.42. The first-order valence-electron chi connectivity index (χ1n) is 7.44. The minimum absolute atomic E-state index is 0.0578. The topological polar surface area (TPSA) is 35.6 Å². The molecule has 20 heavy (non-hydrogen) atoms. The van der Waals surface area contributed by atoms with Gasteiger partial charge in [0.25, 0.3) is 6.43 Å². The molecule has 118 valence electrons. The number of urea groups is 1. The van der Waals surface area contributed by atoms with Crippen LogP contribution in [0.5, 0.6) is 0 Å². The number of nitrogens with one attached hydrogen (secondary N) is 1. The maximum Gasteiger partial charge on any atom is 0.317 e. The van der Waals surface area contributed by atoms with E-state index in [1.54, 1.807) is 16.8 Å². The van der Waals surface area contributed by atoms with Crippen LogP contribution in [0.4, 0.5) is 13.6 Å². The summed E-state index contributed by atoms with van der Waals surface area (Å²) < 4.78 is 24.5. The van der Waals surface area contributed by atoms with Crippen molar-refractivity contribution in [2.75, 3.05) is 33.2 Å². The number of hydrogen-bond donors (Lipinski definition) is 1. The van der Waals surface area contributed by atoms with Crippen molar-refractivity contribution in [3.63, 3.8) is 0 Å². The lowest BCUT2D eigenvalue weighted by atomic mass is 10.1. The lowest BCUT2D eigenvalue weighted by molar-refractivity contribution is 0.0731. The highest BCUT2D eigenvalue weighted by molar-refractivity contribution is 5.74. The van der Waals surface area contributed by atoms with E-state index in [9.17, 15) is 13.6 Å². The summed E-state index contributed by atoms with van der Waals surface area (Å²) in [7, 11) is 1.80. The monoisotopic (exact) mass is 291 g/mol. The Morgan fingerprint density at radius 2 is 2.00 bits per heavy atom. The average molecular weight is 291 g/mol. The summed E-state index contributed by atoms with van der Waals surface area (Å²) >= 11 is 0. The van der Waals surface area contributed by atoms with Crippen LogP contribution in [0, 0.1) is 5.92 Å². The summed E-state index contributed by atoms with van der Waals surface area (Å²) in [5.41, 5.74) is 0. The maximum absolute atomic E-state index is 12.3. The Bertz CT molecular complexity index is 294. The van der Waals surface area contributed by atoms with E-state index in [0.29, 0.717) is 19.0 Å². The molecule has 1 unspecified atom stereocenters. The number of carbonyl (C=O) groups excluding carboxylic acids is 1. The molecule has 0 radical (unpaired) electrons. The summed E-state index contributed by atoms with van der Waals surface area (Å²) in [5, 5.41) is 2.99. The fraction of sp³-hybridized carbons (Fsp3) is 0.929. The number of alkyl halides is 2. The summed E-state index contributed by atoms with van der Waals surface area (Å²) in [6.45, 7) is 6.07. The Morgan fingerprint density at radius 1 is 1.40 bits per heavy atom. The third-order valence-corrected chi connectivity index (χ3v) is 3.94. The van der Waals surface area contributed by atoms with Gasteiger partial charge in [-0.2, -0.15) is 0 Å². The largest absolute Gasteiger partial charge is 0.335 e. The molecule has 0 spiro atoms. The summed E-state index contributed by atoms with van der Waals surface area (Å²) in [6.07, 6.45) is 0.261. The van der Waals surface area contributed by atoms with Gasteiger partial charge in [-0.25, -0.2) is 13.6 Å². The van der Waals surface area contributed by atoms with Crippen LogP contribution in [0.15, 0.2) is 0 Å². The highest BCUT2D eigenvalue weighted by Gasteiger charge is 2.23. The van der Waals surface area contributed by atoms with Crippen molar-refractivity contribution in [3.05, 3.63) is 0 Å². The second kappa shape index (κ2) is 8.39. The van der Waals surface area contributed by atoms with Crippen LogP contribution >= 0.6 is 0 Å². The lowest BCUT2D eigenvalue weighted by Gasteiger charge is -2.33. The number of hydrogen-bond acceptors (Lipinski definition) is 2. The first-order chi connectivity index (χ1) is 9.42. The average Bonchev–Trinajstić information content (AvgIpc) is 2.40. The predicted molar refractivity (Wildman–Crippen MR) is 76.1 cm³/mol. The van der Waals surface area contributed by atoms with Gasteiger partial charge in [0, 0.05) is 32.7 Å². The Kier molecular flexibility index (Phi) is 7.19. The van der Waals surface area contributed by atoms with Crippen molar-refractivity contribution < 1.29 is 13.6 Å². The van der Waals surface area contributed by atoms with Gasteiger partial charge in [0.1, 0.15) is 0 Å². The van der Waals surface area contributed by atoms with E-state index >= 15 is 0 Å². The standard InChI is InChI=1S/C14H27F2N3O/c1-4-11(2)9-18(3)14(20)17-12-5-7-19(8-6-12)10-13(15)16/h11-13H,4-10H2,1-3H3,(H,17,20). The number of nitrogens with zero attached hydrogens (tertiary/aromatic N) is 2. The molecule has 1 atom stereocenters. The van der Waals surface area contributed by atoms with Gasteiger partial charge in [0.05, 0.1) is 6.54 Å². The van der Waals surface area contributed by atoms with E-state index in [1.807, 2.05) is 0 Å². The number of amides is 2. The number of piperidine rings is 1. The molecule has 1 N–H and O–H groups in total. The quantitative estimate of drug-likeness (QED) is 0.815. The fourth-order valence-electron chi connectivity index (χ4n) is 2.42. The van der Waals surface area contributed by atoms with Gasteiger partial charge < -0.3 is 10.2 Å². The predicted octanol–water partition coefficient (Wildman–Crippen LogP) is 2.40. The van der Waals surface area contributed by atoms with Crippen LogP contribution in [0.3, 0.4) is 0 Å². The normalized spacial score (nSPS) is 19.1. The molecule has 2 amide bonds. The van der Waals surface area contributed by atoms with Gasteiger partial charge in [-0.3, -0.25) is 4.90 Å². The van der Waals surface area contributed by atoms with Gasteiger partial charge in [-0.15, -0.1) is 0 Å². The Morgan fingerprint density at radius 3 is 2.50 bits per heavy atom. The zero-order chi connectivity index (χ0) is 15.1. The van der Waals surface area contributed by atoms with E-state index in [-0.39, 0.29) is 18.6 Å². The van der Waals surface area contributed by atoms with Crippen LogP contribution in [0.25, 0.3) is 0 Å². The van der Waals surface area contributed by atoms with Crippen LogP contribution in [0.2, 0.25) is 0 Å². The summed E-state index contributed by atoms with van der Waals surface area (Å²) in [6, 6.07) is 0.0495. The van der Waals surface area contributed by atoms with Gasteiger partial charge in [0.15, 0.2) is 0 Å². The van der Waals surface area contributed by atoms with Crippen molar-refractivity contribution in [1.29, 1.82) is 0 Å². The van der Waals surface area contributed by atoms with Crippen molar-refractivity contribution in [2.45, 2.75) is 45.6 Å². The van der Waals surface area contributed by atoms with Crippen LogP contribution in [-0.2, 0) is 0 Å². The summed E-state index contributed by atoms with van der Waals surface area (Å²) in [4.78, 5) is 15.5. The molecule has 0 aromatic carbocycles. The minimum Gasteiger partial charge on any atom is -0.335 e. The third kappa shape index (κ3) is 6.03. The molecule has 0 saturated carbocycles. The number of carbonyl (C=O) groups is 1. The van der Waals surface area contributed by atoms with E-state index in [0.717, 1.165) is 25.8 Å². The molecule has 1 aliphatic rings. The zero-order valence-electron chi connectivity index (χ0n) is 12.7. The van der Waals surface area contributed by atoms with Crippen molar-refractivity contribution in [2.24, 2.45) is 5.92 Å². The second-order valence-electron chi connectivity index (χ2n) is 5.81. The van der Waals surface area contributed by atoms with Gasteiger partial charge in [-0.1, -0.05) is 20.3 Å². The molecule has 0 aromatic rings. The van der Waals surface area contributed by atoms with E-state index < -0.39 is 6.43 Å². The molecule has 1 rings (SSSR count). The molecule has 1 heterocycles. The van der Waals surface area contributed by atoms with Gasteiger partial charge >= 0.3 is 6.03 Å². The van der Waals surface area contributed by atoms with Gasteiger partial charge in [-0.05, 0) is 18.8 Å².